The Balaban J connectivity index is 1.65. The van der Waals surface area contributed by atoms with Crippen LogP contribution in [0.15, 0.2) is 54.9 Å². The second-order valence-electron chi connectivity index (χ2n) is 7.33. The number of carbonyl (C=O) groups excluding carboxylic acids is 1. The first-order valence-corrected chi connectivity index (χ1v) is 9.48. The van der Waals surface area contributed by atoms with Crippen molar-refractivity contribution >= 4 is 11.6 Å². The SMILES string of the molecule is CC(C)CC[C@@H](C)NC(=O)c1ccccc1OCc1cn2ccccc2n1. The number of benzene rings is 1. The summed E-state index contributed by atoms with van der Waals surface area (Å²) in [5, 5.41) is 3.07. The summed E-state index contributed by atoms with van der Waals surface area (Å²) in [7, 11) is 0. The lowest BCUT2D eigenvalue weighted by molar-refractivity contribution is 0.0932. The van der Waals surface area contributed by atoms with Gasteiger partial charge >= 0.3 is 0 Å². The number of hydrogen-bond acceptors (Lipinski definition) is 3. The molecule has 0 aliphatic heterocycles. The number of ether oxygens (including phenoxy) is 1. The first kappa shape index (κ1) is 19.0. The predicted molar refractivity (Wildman–Crippen MR) is 107 cm³/mol. The molecular weight excluding hydrogens is 338 g/mol. The van der Waals surface area contributed by atoms with E-state index in [0.717, 1.165) is 24.2 Å². The van der Waals surface area contributed by atoms with Crippen LogP contribution in [0.1, 0.15) is 49.7 Å². The van der Waals surface area contributed by atoms with Crippen LogP contribution >= 0.6 is 0 Å². The summed E-state index contributed by atoms with van der Waals surface area (Å²) < 4.78 is 7.87. The van der Waals surface area contributed by atoms with Gasteiger partial charge in [0.05, 0.1) is 11.3 Å². The smallest absolute Gasteiger partial charge is 0.255 e. The number of fused-ring (bicyclic) bond motifs is 1. The van der Waals surface area contributed by atoms with Crippen molar-refractivity contribution in [2.24, 2.45) is 5.92 Å². The van der Waals surface area contributed by atoms with E-state index >= 15 is 0 Å². The average molecular weight is 365 g/mol. The summed E-state index contributed by atoms with van der Waals surface area (Å²) in [4.78, 5) is 17.2. The Morgan fingerprint density at radius 1 is 1.11 bits per heavy atom. The van der Waals surface area contributed by atoms with Crippen molar-refractivity contribution in [2.75, 3.05) is 0 Å². The second-order valence-corrected chi connectivity index (χ2v) is 7.33. The van der Waals surface area contributed by atoms with E-state index in [9.17, 15) is 4.79 Å². The lowest BCUT2D eigenvalue weighted by Crippen LogP contribution is -2.33. The van der Waals surface area contributed by atoms with E-state index in [2.05, 4.69) is 24.1 Å². The van der Waals surface area contributed by atoms with Crippen LogP contribution in [0.25, 0.3) is 5.65 Å². The molecule has 0 unspecified atom stereocenters. The van der Waals surface area contributed by atoms with Gasteiger partial charge < -0.3 is 14.5 Å². The maximum absolute atomic E-state index is 12.7. The topological polar surface area (TPSA) is 55.6 Å². The number of imidazole rings is 1. The Labute approximate surface area is 160 Å². The van der Waals surface area contributed by atoms with Crippen molar-refractivity contribution in [2.45, 2.75) is 46.3 Å². The van der Waals surface area contributed by atoms with Gasteiger partial charge in [-0.05, 0) is 49.9 Å². The van der Waals surface area contributed by atoms with Crippen molar-refractivity contribution in [3.63, 3.8) is 0 Å². The van der Waals surface area contributed by atoms with Crippen LogP contribution in [0.5, 0.6) is 5.75 Å². The summed E-state index contributed by atoms with van der Waals surface area (Å²) in [6, 6.07) is 13.3. The molecule has 27 heavy (non-hydrogen) atoms. The Bertz CT molecular complexity index is 868. The van der Waals surface area contributed by atoms with Crippen LogP contribution in [-0.4, -0.2) is 21.3 Å². The molecule has 1 atom stereocenters. The maximum Gasteiger partial charge on any atom is 0.255 e. The fraction of sp³-hybridized carbons (Fsp3) is 0.364. The molecule has 0 aliphatic carbocycles. The summed E-state index contributed by atoms with van der Waals surface area (Å²) in [5.41, 5.74) is 2.25. The van der Waals surface area contributed by atoms with Gasteiger partial charge in [0.2, 0.25) is 0 Å². The van der Waals surface area contributed by atoms with E-state index in [1.54, 1.807) is 6.07 Å². The highest BCUT2D eigenvalue weighted by Crippen LogP contribution is 2.20. The zero-order valence-electron chi connectivity index (χ0n) is 16.2. The monoisotopic (exact) mass is 365 g/mol. The van der Waals surface area contributed by atoms with E-state index in [1.165, 1.54) is 0 Å². The van der Waals surface area contributed by atoms with Gasteiger partial charge in [0.25, 0.3) is 5.91 Å². The lowest BCUT2D eigenvalue weighted by atomic mass is 10.0. The van der Waals surface area contributed by atoms with Crippen LogP contribution in [0, 0.1) is 5.92 Å². The standard InChI is InChI=1S/C22H27N3O2/c1-16(2)11-12-17(3)23-22(26)19-8-4-5-9-20(19)27-15-18-14-25-13-7-6-10-21(25)24-18/h4-10,13-14,16-17H,11-12,15H2,1-3H3,(H,23,26)/t17-/m1/s1. The molecule has 3 aromatic rings. The highest BCUT2D eigenvalue weighted by Gasteiger charge is 2.15. The van der Waals surface area contributed by atoms with Gasteiger partial charge in [-0.2, -0.15) is 0 Å². The Morgan fingerprint density at radius 3 is 2.67 bits per heavy atom. The minimum atomic E-state index is -0.100. The van der Waals surface area contributed by atoms with E-state index in [1.807, 2.05) is 60.1 Å². The van der Waals surface area contributed by atoms with Crippen LogP contribution in [0.2, 0.25) is 0 Å². The minimum absolute atomic E-state index is 0.100. The largest absolute Gasteiger partial charge is 0.486 e. The zero-order chi connectivity index (χ0) is 19.2. The molecule has 3 rings (SSSR count). The molecule has 5 heteroatoms. The van der Waals surface area contributed by atoms with Crippen LogP contribution < -0.4 is 10.1 Å². The number of para-hydroxylation sites is 1. The third-order valence-electron chi connectivity index (χ3n) is 4.48. The number of carbonyl (C=O) groups is 1. The number of nitrogens with one attached hydrogen (secondary N) is 1. The molecule has 0 aliphatic rings. The molecule has 0 radical (unpaired) electrons. The molecule has 0 spiro atoms. The van der Waals surface area contributed by atoms with Crippen molar-refractivity contribution in [3.8, 4) is 5.75 Å². The zero-order valence-corrected chi connectivity index (χ0v) is 16.2. The molecule has 1 amide bonds. The molecule has 0 fully saturated rings. The molecule has 2 aromatic heterocycles. The van der Waals surface area contributed by atoms with E-state index in [-0.39, 0.29) is 11.9 Å². The van der Waals surface area contributed by atoms with Gasteiger partial charge in [0.15, 0.2) is 0 Å². The third-order valence-corrected chi connectivity index (χ3v) is 4.48. The first-order chi connectivity index (χ1) is 13.0. The van der Waals surface area contributed by atoms with E-state index in [0.29, 0.717) is 23.8 Å². The summed E-state index contributed by atoms with van der Waals surface area (Å²) in [6.07, 6.45) is 5.94. The number of rotatable bonds is 8. The minimum Gasteiger partial charge on any atom is -0.486 e. The highest BCUT2D eigenvalue weighted by molar-refractivity contribution is 5.97. The van der Waals surface area contributed by atoms with Crippen molar-refractivity contribution in [1.29, 1.82) is 0 Å². The third kappa shape index (κ3) is 5.09. The Hall–Kier alpha value is -2.82. The van der Waals surface area contributed by atoms with E-state index < -0.39 is 0 Å². The second kappa shape index (κ2) is 8.71. The van der Waals surface area contributed by atoms with Crippen LogP contribution in [-0.2, 0) is 6.61 Å². The number of pyridine rings is 1. The molecule has 1 N–H and O–H groups in total. The first-order valence-electron chi connectivity index (χ1n) is 9.48. The van der Waals surface area contributed by atoms with Crippen LogP contribution in [0.4, 0.5) is 0 Å². The fourth-order valence-corrected chi connectivity index (χ4v) is 2.95. The van der Waals surface area contributed by atoms with Gasteiger partial charge in [-0.15, -0.1) is 0 Å². The van der Waals surface area contributed by atoms with Gasteiger partial charge in [-0.3, -0.25) is 4.79 Å². The molecular formula is C22H27N3O2. The van der Waals surface area contributed by atoms with E-state index in [4.69, 9.17) is 4.74 Å². The number of amides is 1. The molecule has 2 heterocycles. The summed E-state index contributed by atoms with van der Waals surface area (Å²) in [6.45, 7) is 6.74. The van der Waals surface area contributed by atoms with Gasteiger partial charge in [0, 0.05) is 18.4 Å². The summed E-state index contributed by atoms with van der Waals surface area (Å²) in [5.74, 6) is 1.10. The molecule has 0 bridgehead atoms. The number of aromatic nitrogens is 2. The summed E-state index contributed by atoms with van der Waals surface area (Å²) >= 11 is 0. The number of hydrogen-bond donors (Lipinski definition) is 1. The molecule has 5 nitrogen and oxygen atoms in total. The molecule has 142 valence electrons. The van der Waals surface area contributed by atoms with Crippen molar-refractivity contribution < 1.29 is 9.53 Å². The normalized spacial score (nSPS) is 12.3. The highest BCUT2D eigenvalue weighted by atomic mass is 16.5. The lowest BCUT2D eigenvalue weighted by Gasteiger charge is -2.16. The predicted octanol–water partition coefficient (Wildman–Crippen LogP) is 4.47. The maximum atomic E-state index is 12.7. The quantitative estimate of drug-likeness (QED) is 0.641. The molecule has 0 saturated heterocycles. The molecule has 0 saturated carbocycles. The fourth-order valence-electron chi connectivity index (χ4n) is 2.95. The van der Waals surface area contributed by atoms with Gasteiger partial charge in [-0.1, -0.05) is 32.0 Å². The molecule has 1 aromatic carbocycles. The van der Waals surface area contributed by atoms with Gasteiger partial charge in [0.1, 0.15) is 18.0 Å². The van der Waals surface area contributed by atoms with Crippen LogP contribution in [0.3, 0.4) is 0 Å². The van der Waals surface area contributed by atoms with Crippen molar-refractivity contribution in [1.82, 2.24) is 14.7 Å². The average Bonchev–Trinajstić information content (AvgIpc) is 3.08. The Kier molecular flexibility index (Phi) is 6.12. The number of nitrogens with zero attached hydrogens (tertiary/aromatic N) is 2. The van der Waals surface area contributed by atoms with Crippen molar-refractivity contribution in [3.05, 3.63) is 66.1 Å². The Morgan fingerprint density at radius 2 is 1.89 bits per heavy atom. The van der Waals surface area contributed by atoms with Gasteiger partial charge in [-0.25, -0.2) is 4.98 Å².